The first-order chi connectivity index (χ1) is 12.9. The molecular weight excluding hydrogens is 364 g/mol. The van der Waals surface area contributed by atoms with E-state index in [4.69, 9.17) is 0 Å². The topological polar surface area (TPSA) is 92.3 Å². The van der Waals surface area contributed by atoms with E-state index in [0.29, 0.717) is 25.3 Å². The fourth-order valence-corrected chi connectivity index (χ4v) is 4.21. The van der Waals surface area contributed by atoms with Crippen LogP contribution in [0.4, 0.5) is 0 Å². The van der Waals surface area contributed by atoms with E-state index < -0.39 is 10.0 Å². The molecule has 0 spiro atoms. The highest BCUT2D eigenvalue weighted by Crippen LogP contribution is 2.21. The minimum Gasteiger partial charge on any atom is -0.342 e. The molecular formula is C19H24N4O3S. The van der Waals surface area contributed by atoms with Crippen LogP contribution in [0.25, 0.3) is 11.4 Å². The van der Waals surface area contributed by atoms with Gasteiger partial charge >= 0.3 is 0 Å². The van der Waals surface area contributed by atoms with Crippen molar-refractivity contribution in [2.45, 2.75) is 31.7 Å². The molecule has 0 saturated carbocycles. The second-order valence-corrected chi connectivity index (χ2v) is 8.58. The van der Waals surface area contributed by atoms with Crippen LogP contribution in [0.5, 0.6) is 0 Å². The number of nitrogens with one attached hydrogen (secondary N) is 1. The molecule has 1 atom stereocenters. The predicted molar refractivity (Wildman–Crippen MR) is 103 cm³/mol. The van der Waals surface area contributed by atoms with Crippen LogP contribution in [0.1, 0.15) is 24.8 Å². The number of rotatable bonds is 5. The zero-order valence-corrected chi connectivity index (χ0v) is 16.2. The second-order valence-electron chi connectivity index (χ2n) is 6.80. The number of benzene rings is 1. The van der Waals surface area contributed by atoms with Crippen LogP contribution < -0.4 is 4.72 Å². The molecule has 1 aromatic heterocycles. The van der Waals surface area contributed by atoms with Gasteiger partial charge in [0.1, 0.15) is 0 Å². The standard InChI is InChI=1S/C19H24N4O3S/c1-27(25,26)22-16-7-4-12-23(13-9-16)18(24)14-15-6-2-3-8-17(15)19-20-10-5-11-21-19/h2-3,5-6,8,10-11,16,22H,4,7,9,12-14H2,1H3. The Morgan fingerprint density at radius 1 is 1.15 bits per heavy atom. The summed E-state index contributed by atoms with van der Waals surface area (Å²) in [6, 6.07) is 9.32. The van der Waals surface area contributed by atoms with Gasteiger partial charge in [-0.25, -0.2) is 23.1 Å². The van der Waals surface area contributed by atoms with Crippen LogP contribution in [0, 0.1) is 0 Å². The molecule has 27 heavy (non-hydrogen) atoms. The maximum atomic E-state index is 12.8. The Hall–Kier alpha value is -2.32. The summed E-state index contributed by atoms with van der Waals surface area (Å²) in [7, 11) is -3.23. The molecule has 1 aliphatic rings. The summed E-state index contributed by atoms with van der Waals surface area (Å²) in [5.74, 6) is 0.646. The minimum atomic E-state index is -3.23. The Bertz CT molecular complexity index is 887. The lowest BCUT2D eigenvalue weighted by atomic mass is 10.0. The van der Waals surface area contributed by atoms with E-state index in [1.165, 1.54) is 6.26 Å². The molecule has 2 aromatic rings. The van der Waals surface area contributed by atoms with E-state index in [2.05, 4.69) is 14.7 Å². The van der Waals surface area contributed by atoms with Crippen molar-refractivity contribution in [2.75, 3.05) is 19.3 Å². The Labute approximate surface area is 159 Å². The Morgan fingerprint density at radius 3 is 2.63 bits per heavy atom. The van der Waals surface area contributed by atoms with Crippen LogP contribution in [-0.4, -0.2) is 54.6 Å². The number of likely N-dealkylation sites (tertiary alicyclic amines) is 1. The average Bonchev–Trinajstić information content (AvgIpc) is 2.87. The van der Waals surface area contributed by atoms with Gasteiger partial charge < -0.3 is 4.90 Å². The van der Waals surface area contributed by atoms with E-state index in [0.717, 1.165) is 24.0 Å². The molecule has 1 saturated heterocycles. The van der Waals surface area contributed by atoms with Crippen LogP contribution in [0.3, 0.4) is 0 Å². The summed E-state index contributed by atoms with van der Waals surface area (Å²) in [5.41, 5.74) is 1.75. The summed E-state index contributed by atoms with van der Waals surface area (Å²) >= 11 is 0. The van der Waals surface area contributed by atoms with Crippen LogP contribution in [0.2, 0.25) is 0 Å². The van der Waals surface area contributed by atoms with Crippen LogP contribution in [-0.2, 0) is 21.2 Å². The van der Waals surface area contributed by atoms with Gasteiger partial charge in [0.05, 0.1) is 12.7 Å². The number of amides is 1. The van der Waals surface area contributed by atoms with Gasteiger partial charge in [0, 0.05) is 37.1 Å². The molecule has 1 unspecified atom stereocenters. The van der Waals surface area contributed by atoms with Crippen molar-refractivity contribution in [1.82, 2.24) is 19.6 Å². The Balaban J connectivity index is 1.68. The number of sulfonamides is 1. The molecule has 1 N–H and O–H groups in total. The van der Waals surface area contributed by atoms with Gasteiger partial charge in [-0.05, 0) is 30.9 Å². The maximum absolute atomic E-state index is 12.8. The highest BCUT2D eigenvalue weighted by Gasteiger charge is 2.23. The second kappa shape index (κ2) is 8.58. The molecule has 8 heteroatoms. The number of nitrogens with zero attached hydrogens (tertiary/aromatic N) is 3. The van der Waals surface area contributed by atoms with Crippen molar-refractivity contribution in [3.8, 4) is 11.4 Å². The molecule has 7 nitrogen and oxygen atoms in total. The molecule has 1 amide bonds. The summed E-state index contributed by atoms with van der Waals surface area (Å²) in [4.78, 5) is 23.2. The van der Waals surface area contributed by atoms with Crippen LogP contribution in [0.15, 0.2) is 42.7 Å². The normalized spacial score (nSPS) is 18.1. The zero-order chi connectivity index (χ0) is 19.3. The SMILES string of the molecule is CS(=O)(=O)NC1CCCN(C(=O)Cc2ccccc2-c2ncccn2)CC1. The molecule has 1 aromatic carbocycles. The van der Waals surface area contributed by atoms with Crippen molar-refractivity contribution in [2.24, 2.45) is 0 Å². The number of hydrogen-bond acceptors (Lipinski definition) is 5. The lowest BCUT2D eigenvalue weighted by molar-refractivity contribution is -0.130. The first-order valence-corrected chi connectivity index (χ1v) is 10.9. The van der Waals surface area contributed by atoms with E-state index in [1.54, 1.807) is 18.5 Å². The first kappa shape index (κ1) is 19.4. The fourth-order valence-electron chi connectivity index (χ4n) is 3.37. The third-order valence-corrected chi connectivity index (χ3v) is 5.39. The summed E-state index contributed by atoms with van der Waals surface area (Å²) in [5, 5.41) is 0. The minimum absolute atomic E-state index is 0.0402. The lowest BCUT2D eigenvalue weighted by Crippen LogP contribution is -2.36. The van der Waals surface area contributed by atoms with Gasteiger partial charge in [-0.1, -0.05) is 24.3 Å². The van der Waals surface area contributed by atoms with Gasteiger partial charge in [0.15, 0.2) is 5.82 Å². The molecule has 1 fully saturated rings. The summed E-state index contributed by atoms with van der Waals surface area (Å²) in [6.07, 6.45) is 6.97. The van der Waals surface area contributed by atoms with Gasteiger partial charge in [0.2, 0.25) is 15.9 Å². The number of carbonyl (C=O) groups excluding carboxylic acids is 1. The van der Waals surface area contributed by atoms with Gasteiger partial charge in [-0.3, -0.25) is 4.79 Å². The number of aromatic nitrogens is 2. The lowest BCUT2D eigenvalue weighted by Gasteiger charge is -2.21. The van der Waals surface area contributed by atoms with Crippen molar-refractivity contribution in [3.63, 3.8) is 0 Å². The Morgan fingerprint density at radius 2 is 1.89 bits per heavy atom. The van der Waals surface area contributed by atoms with E-state index in [1.807, 2.05) is 29.2 Å². The average molecular weight is 388 g/mol. The maximum Gasteiger partial charge on any atom is 0.227 e. The fraction of sp³-hybridized carbons (Fsp3) is 0.421. The van der Waals surface area contributed by atoms with Crippen molar-refractivity contribution >= 4 is 15.9 Å². The Kier molecular flexibility index (Phi) is 6.18. The third kappa shape index (κ3) is 5.58. The molecule has 0 radical (unpaired) electrons. The molecule has 2 heterocycles. The third-order valence-electron chi connectivity index (χ3n) is 4.63. The van der Waals surface area contributed by atoms with Gasteiger partial charge in [0.25, 0.3) is 0 Å². The zero-order valence-electron chi connectivity index (χ0n) is 15.3. The monoisotopic (exact) mass is 388 g/mol. The summed E-state index contributed by atoms with van der Waals surface area (Å²) in [6.45, 7) is 1.20. The van der Waals surface area contributed by atoms with Crippen molar-refractivity contribution in [1.29, 1.82) is 0 Å². The van der Waals surface area contributed by atoms with Gasteiger partial charge in [-0.2, -0.15) is 0 Å². The molecule has 0 bridgehead atoms. The number of carbonyl (C=O) groups is 1. The van der Waals surface area contributed by atoms with Crippen molar-refractivity contribution in [3.05, 3.63) is 48.3 Å². The highest BCUT2D eigenvalue weighted by molar-refractivity contribution is 7.88. The molecule has 1 aliphatic heterocycles. The number of hydrogen-bond donors (Lipinski definition) is 1. The van der Waals surface area contributed by atoms with Gasteiger partial charge in [-0.15, -0.1) is 0 Å². The first-order valence-electron chi connectivity index (χ1n) is 9.03. The predicted octanol–water partition coefficient (Wildman–Crippen LogP) is 1.62. The summed E-state index contributed by atoms with van der Waals surface area (Å²) < 4.78 is 25.5. The smallest absolute Gasteiger partial charge is 0.227 e. The quantitative estimate of drug-likeness (QED) is 0.840. The van der Waals surface area contributed by atoms with E-state index in [9.17, 15) is 13.2 Å². The molecule has 3 rings (SSSR count). The molecule has 144 valence electrons. The van der Waals surface area contributed by atoms with Crippen LogP contribution >= 0.6 is 0 Å². The van der Waals surface area contributed by atoms with E-state index in [-0.39, 0.29) is 18.4 Å². The van der Waals surface area contributed by atoms with Crippen molar-refractivity contribution < 1.29 is 13.2 Å². The largest absolute Gasteiger partial charge is 0.342 e. The molecule has 0 aliphatic carbocycles. The van der Waals surface area contributed by atoms with E-state index >= 15 is 0 Å². The highest BCUT2D eigenvalue weighted by atomic mass is 32.2.